The normalized spacial score (nSPS) is 31.3. The first kappa shape index (κ1) is 12.2. The number of aliphatic carboxylic acids is 1. The number of carbonyl (C=O) groups excluding carboxylic acids is 1. The van der Waals surface area contributed by atoms with Gasteiger partial charge in [0.1, 0.15) is 5.54 Å². The molecule has 2 amide bonds. The SMILES string of the molecule is CC(C)(NC(=O)NC1CC2CCC1O2)C(=O)O. The van der Waals surface area contributed by atoms with E-state index in [9.17, 15) is 9.59 Å². The third-order valence-corrected chi connectivity index (χ3v) is 3.38. The highest BCUT2D eigenvalue weighted by molar-refractivity contribution is 5.85. The van der Waals surface area contributed by atoms with Gasteiger partial charge in [-0.1, -0.05) is 0 Å². The van der Waals surface area contributed by atoms with Crippen LogP contribution in [0.2, 0.25) is 0 Å². The number of amides is 2. The van der Waals surface area contributed by atoms with Crippen LogP contribution in [0.4, 0.5) is 4.79 Å². The average Bonchev–Trinajstić information content (AvgIpc) is 2.77. The van der Waals surface area contributed by atoms with E-state index in [1.807, 2.05) is 0 Å². The van der Waals surface area contributed by atoms with E-state index in [1.54, 1.807) is 0 Å². The standard InChI is InChI=1S/C11H18N2O4/c1-11(2,9(14)15)13-10(16)12-7-5-6-3-4-8(7)17-6/h6-8H,3-5H2,1-2H3,(H,14,15)(H2,12,13,16). The maximum Gasteiger partial charge on any atom is 0.328 e. The van der Waals surface area contributed by atoms with Crippen molar-refractivity contribution in [3.63, 3.8) is 0 Å². The van der Waals surface area contributed by atoms with E-state index in [0.29, 0.717) is 0 Å². The molecule has 0 aromatic heterocycles. The molecular weight excluding hydrogens is 224 g/mol. The minimum absolute atomic E-state index is 0.0124. The van der Waals surface area contributed by atoms with Crippen LogP contribution in [0.3, 0.4) is 0 Å². The quantitative estimate of drug-likeness (QED) is 0.671. The largest absolute Gasteiger partial charge is 0.480 e. The van der Waals surface area contributed by atoms with Gasteiger partial charge in [0.2, 0.25) is 0 Å². The summed E-state index contributed by atoms with van der Waals surface area (Å²) in [6.07, 6.45) is 3.21. The molecule has 2 aliphatic heterocycles. The zero-order chi connectivity index (χ0) is 12.6. The topological polar surface area (TPSA) is 87.7 Å². The number of urea groups is 1. The fraction of sp³-hybridized carbons (Fsp3) is 0.818. The van der Waals surface area contributed by atoms with Crippen molar-refractivity contribution < 1.29 is 19.4 Å². The van der Waals surface area contributed by atoms with Crippen molar-refractivity contribution in [3.8, 4) is 0 Å². The van der Waals surface area contributed by atoms with E-state index in [0.717, 1.165) is 19.3 Å². The van der Waals surface area contributed by atoms with Crippen molar-refractivity contribution in [2.75, 3.05) is 0 Å². The molecule has 0 aliphatic carbocycles. The van der Waals surface area contributed by atoms with Gasteiger partial charge < -0.3 is 20.5 Å². The van der Waals surface area contributed by atoms with Crippen LogP contribution in [-0.2, 0) is 9.53 Å². The highest BCUT2D eigenvalue weighted by atomic mass is 16.5. The first-order valence-electron chi connectivity index (χ1n) is 5.86. The molecule has 0 spiro atoms. The lowest BCUT2D eigenvalue weighted by molar-refractivity contribution is -0.142. The Morgan fingerprint density at radius 1 is 1.35 bits per heavy atom. The van der Waals surface area contributed by atoms with Gasteiger partial charge in [0.25, 0.3) is 0 Å². The van der Waals surface area contributed by atoms with Crippen LogP contribution < -0.4 is 10.6 Å². The number of hydrogen-bond donors (Lipinski definition) is 3. The second kappa shape index (κ2) is 4.18. The van der Waals surface area contributed by atoms with Crippen LogP contribution in [-0.4, -0.2) is 40.9 Å². The molecule has 2 rings (SSSR count). The highest BCUT2D eigenvalue weighted by Gasteiger charge is 2.42. The third kappa shape index (κ3) is 2.52. The molecule has 0 aromatic rings. The second-order valence-electron chi connectivity index (χ2n) is 5.24. The van der Waals surface area contributed by atoms with Gasteiger partial charge in [0.05, 0.1) is 18.2 Å². The average molecular weight is 242 g/mol. The van der Waals surface area contributed by atoms with Crippen molar-refractivity contribution >= 4 is 12.0 Å². The second-order valence-corrected chi connectivity index (χ2v) is 5.24. The Balaban J connectivity index is 1.84. The Bertz CT molecular complexity index is 342. The molecule has 2 heterocycles. The van der Waals surface area contributed by atoms with Gasteiger partial charge >= 0.3 is 12.0 Å². The maximum atomic E-state index is 11.7. The van der Waals surface area contributed by atoms with Crippen molar-refractivity contribution in [2.24, 2.45) is 0 Å². The first-order chi connectivity index (χ1) is 7.88. The highest BCUT2D eigenvalue weighted by Crippen LogP contribution is 2.34. The first-order valence-corrected chi connectivity index (χ1v) is 5.86. The molecule has 6 heteroatoms. The van der Waals surface area contributed by atoms with Gasteiger partial charge in [0.15, 0.2) is 0 Å². The predicted octanol–water partition coefficient (Wildman–Crippen LogP) is 0.469. The Hall–Kier alpha value is -1.30. The monoisotopic (exact) mass is 242 g/mol. The lowest BCUT2D eigenvalue weighted by Crippen LogP contribution is -2.56. The number of ether oxygens (including phenoxy) is 1. The zero-order valence-electron chi connectivity index (χ0n) is 10.0. The molecule has 2 aliphatic rings. The Labute approximate surface area is 99.7 Å². The molecule has 17 heavy (non-hydrogen) atoms. The van der Waals surface area contributed by atoms with Crippen LogP contribution >= 0.6 is 0 Å². The fourth-order valence-corrected chi connectivity index (χ4v) is 2.33. The number of fused-ring (bicyclic) bond motifs is 2. The molecule has 2 fully saturated rings. The van der Waals surface area contributed by atoms with Gasteiger partial charge in [-0.15, -0.1) is 0 Å². The molecule has 96 valence electrons. The summed E-state index contributed by atoms with van der Waals surface area (Å²) >= 11 is 0. The van der Waals surface area contributed by atoms with E-state index in [2.05, 4.69) is 10.6 Å². The Morgan fingerprint density at radius 3 is 2.53 bits per heavy atom. The smallest absolute Gasteiger partial charge is 0.328 e. The number of carboxylic acid groups (broad SMARTS) is 1. The number of carboxylic acids is 1. The number of nitrogens with one attached hydrogen (secondary N) is 2. The minimum atomic E-state index is -1.26. The number of hydrogen-bond acceptors (Lipinski definition) is 3. The van der Waals surface area contributed by atoms with Gasteiger partial charge in [-0.3, -0.25) is 0 Å². The summed E-state index contributed by atoms with van der Waals surface area (Å²) in [6.45, 7) is 2.90. The third-order valence-electron chi connectivity index (χ3n) is 3.38. The van der Waals surface area contributed by atoms with E-state index < -0.39 is 17.5 Å². The number of rotatable bonds is 3. The molecular formula is C11H18N2O4. The predicted molar refractivity (Wildman–Crippen MR) is 59.7 cm³/mol. The van der Waals surface area contributed by atoms with Gasteiger partial charge in [-0.25, -0.2) is 9.59 Å². The zero-order valence-corrected chi connectivity index (χ0v) is 10.0. The van der Waals surface area contributed by atoms with Gasteiger partial charge in [-0.05, 0) is 33.1 Å². The van der Waals surface area contributed by atoms with Crippen LogP contribution in [0.5, 0.6) is 0 Å². The minimum Gasteiger partial charge on any atom is -0.480 e. The Morgan fingerprint density at radius 2 is 2.06 bits per heavy atom. The molecule has 2 bridgehead atoms. The molecule has 0 radical (unpaired) electrons. The van der Waals surface area contributed by atoms with E-state index in [4.69, 9.17) is 9.84 Å². The van der Waals surface area contributed by atoms with Crippen molar-refractivity contribution in [2.45, 2.75) is 56.9 Å². The number of carbonyl (C=O) groups is 2. The van der Waals surface area contributed by atoms with Crippen molar-refractivity contribution in [1.82, 2.24) is 10.6 Å². The molecule has 3 atom stereocenters. The Kier molecular flexibility index (Phi) is 2.99. The summed E-state index contributed by atoms with van der Waals surface area (Å²) in [5.41, 5.74) is -1.26. The summed E-state index contributed by atoms with van der Waals surface area (Å²) in [6, 6.07) is -0.433. The lowest BCUT2D eigenvalue weighted by Gasteiger charge is -2.25. The molecule has 0 aromatic carbocycles. The van der Waals surface area contributed by atoms with Gasteiger partial charge in [-0.2, -0.15) is 0 Å². The molecule has 6 nitrogen and oxygen atoms in total. The summed E-state index contributed by atoms with van der Waals surface area (Å²) < 4.78 is 5.60. The summed E-state index contributed by atoms with van der Waals surface area (Å²) in [5, 5.41) is 14.1. The van der Waals surface area contributed by atoms with Crippen LogP contribution in [0, 0.1) is 0 Å². The van der Waals surface area contributed by atoms with E-state index >= 15 is 0 Å². The van der Waals surface area contributed by atoms with E-state index in [-0.39, 0.29) is 18.2 Å². The van der Waals surface area contributed by atoms with Crippen LogP contribution in [0.15, 0.2) is 0 Å². The van der Waals surface area contributed by atoms with Crippen molar-refractivity contribution in [1.29, 1.82) is 0 Å². The summed E-state index contributed by atoms with van der Waals surface area (Å²) in [7, 11) is 0. The van der Waals surface area contributed by atoms with Gasteiger partial charge in [0, 0.05) is 0 Å². The molecule has 3 unspecified atom stereocenters. The van der Waals surface area contributed by atoms with Crippen LogP contribution in [0.25, 0.3) is 0 Å². The lowest BCUT2D eigenvalue weighted by atomic mass is 9.95. The summed E-state index contributed by atoms with van der Waals surface area (Å²) in [4.78, 5) is 22.5. The molecule has 2 saturated heterocycles. The fourth-order valence-electron chi connectivity index (χ4n) is 2.33. The molecule has 3 N–H and O–H groups in total. The van der Waals surface area contributed by atoms with Crippen LogP contribution in [0.1, 0.15) is 33.1 Å². The molecule has 0 saturated carbocycles. The van der Waals surface area contributed by atoms with E-state index in [1.165, 1.54) is 13.8 Å². The van der Waals surface area contributed by atoms with Crippen molar-refractivity contribution in [3.05, 3.63) is 0 Å². The maximum absolute atomic E-state index is 11.7. The summed E-state index contributed by atoms with van der Waals surface area (Å²) in [5.74, 6) is -1.06.